The number of hydrogen-bond donors (Lipinski definition) is 0. The molecule has 0 saturated carbocycles. The van der Waals surface area contributed by atoms with E-state index in [1.807, 2.05) is 0 Å². The van der Waals surface area contributed by atoms with E-state index in [0.717, 1.165) is 0 Å². The smallest absolute Gasteiger partial charge is 0.101 e. The van der Waals surface area contributed by atoms with Crippen molar-refractivity contribution in [2.45, 2.75) is 207 Å². The molecule has 1 rings (SSSR count). The van der Waals surface area contributed by atoms with E-state index >= 15 is 0 Å². The molecule has 0 aromatic carbocycles. The second-order valence-corrected chi connectivity index (χ2v) is 12.5. The van der Waals surface area contributed by atoms with Crippen molar-refractivity contribution < 1.29 is 0 Å². The van der Waals surface area contributed by atoms with Crippen molar-refractivity contribution in [1.29, 1.82) is 0 Å². The minimum absolute atomic E-state index is 0.642. The Morgan fingerprint density at radius 2 is 0.605 bits per heavy atom. The Morgan fingerprint density at radius 3 is 0.921 bits per heavy atom. The molecule has 0 aliphatic carbocycles. The fourth-order valence-corrected chi connectivity index (χ4v) is 6.19. The number of unbranched alkanes of at least 4 members (excludes halogenated alkanes) is 24. The number of nitrogens with zero attached hydrogens (tertiary/aromatic N) is 2. The maximum atomic E-state index is 2.69. The van der Waals surface area contributed by atoms with Crippen LogP contribution in [0.15, 0.2) is 12.4 Å². The molecule has 1 atom stereocenters. The standard InChI is InChI=1S/C36H72N2/c1-4-7-10-13-15-16-17-18-19-20-21-22-23-24-25-27-30-33-38-35-34-37(32-29-26-14-11-8-5-2)36(38)31-28-12-9-6-3/h34-36H,4-33H2,1-3H3. The highest BCUT2D eigenvalue weighted by atomic mass is 15.4. The fraction of sp³-hybridized carbons (Fsp3) is 0.944. The van der Waals surface area contributed by atoms with Gasteiger partial charge >= 0.3 is 0 Å². The van der Waals surface area contributed by atoms with Gasteiger partial charge in [-0.1, -0.05) is 175 Å². The van der Waals surface area contributed by atoms with Gasteiger partial charge in [-0.25, -0.2) is 0 Å². The Kier molecular flexibility index (Phi) is 26.0. The highest BCUT2D eigenvalue weighted by Gasteiger charge is 2.24. The highest BCUT2D eigenvalue weighted by molar-refractivity contribution is 4.97. The molecular weight excluding hydrogens is 460 g/mol. The molecule has 0 amide bonds. The van der Waals surface area contributed by atoms with Crippen molar-refractivity contribution in [2.24, 2.45) is 0 Å². The molecule has 2 nitrogen and oxygen atoms in total. The van der Waals surface area contributed by atoms with E-state index in [2.05, 4.69) is 43.0 Å². The van der Waals surface area contributed by atoms with Gasteiger partial charge in [-0.15, -0.1) is 0 Å². The first-order valence-corrected chi connectivity index (χ1v) is 18.0. The summed E-state index contributed by atoms with van der Waals surface area (Å²) in [6, 6.07) is 0. The molecule has 1 heterocycles. The molecule has 0 aromatic rings. The molecule has 38 heavy (non-hydrogen) atoms. The minimum Gasteiger partial charge on any atom is -0.356 e. The molecule has 226 valence electrons. The van der Waals surface area contributed by atoms with Gasteiger partial charge in [-0.2, -0.15) is 0 Å². The largest absolute Gasteiger partial charge is 0.356 e. The van der Waals surface area contributed by atoms with E-state index in [4.69, 9.17) is 0 Å². The zero-order chi connectivity index (χ0) is 27.4. The predicted molar refractivity (Wildman–Crippen MR) is 173 cm³/mol. The van der Waals surface area contributed by atoms with E-state index in [1.165, 1.54) is 193 Å². The third-order valence-corrected chi connectivity index (χ3v) is 8.82. The summed E-state index contributed by atoms with van der Waals surface area (Å²) >= 11 is 0. The molecule has 1 unspecified atom stereocenters. The van der Waals surface area contributed by atoms with Crippen LogP contribution in [0.5, 0.6) is 0 Å². The third kappa shape index (κ3) is 20.3. The van der Waals surface area contributed by atoms with Gasteiger partial charge in [0, 0.05) is 25.5 Å². The summed E-state index contributed by atoms with van der Waals surface area (Å²) in [6.45, 7) is 9.47. The van der Waals surface area contributed by atoms with E-state index in [-0.39, 0.29) is 0 Å². The molecule has 0 aromatic heterocycles. The fourth-order valence-electron chi connectivity index (χ4n) is 6.19. The lowest BCUT2D eigenvalue weighted by molar-refractivity contribution is 0.135. The molecule has 0 radical (unpaired) electrons. The SMILES string of the molecule is CCCCCCCCCCCCCCCCCCCN1C=CN(CCCCCCCC)C1CCCCCC. The van der Waals surface area contributed by atoms with Gasteiger partial charge in [-0.05, 0) is 25.7 Å². The Balaban J connectivity index is 2.03. The Morgan fingerprint density at radius 1 is 0.342 bits per heavy atom. The molecule has 0 fully saturated rings. The Labute approximate surface area is 241 Å². The summed E-state index contributed by atoms with van der Waals surface area (Å²) in [7, 11) is 0. The second kappa shape index (κ2) is 27.9. The molecule has 0 N–H and O–H groups in total. The molecule has 2 heteroatoms. The van der Waals surface area contributed by atoms with Crippen molar-refractivity contribution in [3.63, 3.8) is 0 Å². The predicted octanol–water partition coefficient (Wildman–Crippen LogP) is 12.4. The van der Waals surface area contributed by atoms with E-state index in [9.17, 15) is 0 Å². The monoisotopic (exact) mass is 533 g/mol. The van der Waals surface area contributed by atoms with Gasteiger partial charge in [-0.3, -0.25) is 0 Å². The zero-order valence-corrected chi connectivity index (χ0v) is 26.8. The van der Waals surface area contributed by atoms with Crippen molar-refractivity contribution in [1.82, 2.24) is 9.80 Å². The first-order valence-electron chi connectivity index (χ1n) is 18.0. The molecule has 1 aliphatic heterocycles. The lowest BCUT2D eigenvalue weighted by atomic mass is 10.0. The molecule has 1 aliphatic rings. The van der Waals surface area contributed by atoms with E-state index in [0.29, 0.717) is 6.17 Å². The Bertz CT molecular complexity index is 488. The van der Waals surface area contributed by atoms with Gasteiger partial charge in [0.25, 0.3) is 0 Å². The van der Waals surface area contributed by atoms with Crippen molar-refractivity contribution >= 4 is 0 Å². The first-order chi connectivity index (χ1) is 18.8. The summed E-state index contributed by atoms with van der Waals surface area (Å²) in [5.74, 6) is 0. The van der Waals surface area contributed by atoms with Crippen LogP contribution in [0.25, 0.3) is 0 Å². The first kappa shape index (κ1) is 35.4. The average molecular weight is 533 g/mol. The summed E-state index contributed by atoms with van der Waals surface area (Å²) in [4.78, 5) is 5.37. The van der Waals surface area contributed by atoms with Crippen LogP contribution in [0.4, 0.5) is 0 Å². The minimum atomic E-state index is 0.642. The second-order valence-electron chi connectivity index (χ2n) is 12.5. The summed E-state index contributed by atoms with van der Waals surface area (Å²) < 4.78 is 0. The normalized spacial score (nSPS) is 15.3. The number of rotatable bonds is 30. The molecule has 0 saturated heterocycles. The van der Waals surface area contributed by atoms with Gasteiger partial charge in [0.2, 0.25) is 0 Å². The van der Waals surface area contributed by atoms with Crippen LogP contribution >= 0.6 is 0 Å². The van der Waals surface area contributed by atoms with Crippen LogP contribution < -0.4 is 0 Å². The average Bonchev–Trinajstić information content (AvgIpc) is 3.31. The van der Waals surface area contributed by atoms with Crippen LogP contribution in [0.2, 0.25) is 0 Å². The molecular formula is C36H72N2. The van der Waals surface area contributed by atoms with Crippen molar-refractivity contribution in [3.05, 3.63) is 12.4 Å². The van der Waals surface area contributed by atoms with E-state index < -0.39 is 0 Å². The topological polar surface area (TPSA) is 6.48 Å². The van der Waals surface area contributed by atoms with Crippen LogP contribution in [0.3, 0.4) is 0 Å². The lowest BCUT2D eigenvalue weighted by Crippen LogP contribution is -2.39. The van der Waals surface area contributed by atoms with Crippen LogP contribution in [0, 0.1) is 0 Å². The van der Waals surface area contributed by atoms with Crippen LogP contribution in [-0.2, 0) is 0 Å². The van der Waals surface area contributed by atoms with E-state index in [1.54, 1.807) is 0 Å². The third-order valence-electron chi connectivity index (χ3n) is 8.82. The van der Waals surface area contributed by atoms with Crippen molar-refractivity contribution in [3.8, 4) is 0 Å². The lowest BCUT2D eigenvalue weighted by Gasteiger charge is -2.33. The quantitative estimate of drug-likeness (QED) is 0.0848. The summed E-state index contributed by atoms with van der Waals surface area (Å²) in [6.07, 6.45) is 45.5. The maximum absolute atomic E-state index is 2.69. The maximum Gasteiger partial charge on any atom is 0.101 e. The van der Waals surface area contributed by atoms with Gasteiger partial charge < -0.3 is 9.80 Å². The zero-order valence-electron chi connectivity index (χ0n) is 26.8. The van der Waals surface area contributed by atoms with Crippen molar-refractivity contribution in [2.75, 3.05) is 13.1 Å². The molecule has 0 bridgehead atoms. The van der Waals surface area contributed by atoms with Crippen LogP contribution in [-0.4, -0.2) is 29.1 Å². The molecule has 0 spiro atoms. The highest BCUT2D eigenvalue weighted by Crippen LogP contribution is 2.23. The van der Waals surface area contributed by atoms with Gasteiger partial charge in [0.15, 0.2) is 0 Å². The van der Waals surface area contributed by atoms with Gasteiger partial charge in [0.1, 0.15) is 6.17 Å². The summed E-state index contributed by atoms with van der Waals surface area (Å²) in [5, 5.41) is 0. The van der Waals surface area contributed by atoms with Gasteiger partial charge in [0.05, 0.1) is 0 Å². The Hall–Kier alpha value is -0.660. The van der Waals surface area contributed by atoms with Crippen LogP contribution in [0.1, 0.15) is 201 Å². The number of hydrogen-bond acceptors (Lipinski definition) is 2. The summed E-state index contributed by atoms with van der Waals surface area (Å²) in [5.41, 5.74) is 0.